The summed E-state index contributed by atoms with van der Waals surface area (Å²) < 4.78 is 86.5. The van der Waals surface area contributed by atoms with Crippen molar-refractivity contribution in [2.24, 2.45) is 29.1 Å². The molecule has 1 aromatic carbocycles. The fourth-order valence-corrected chi connectivity index (χ4v) is 9.99. The van der Waals surface area contributed by atoms with E-state index in [1.807, 2.05) is 31.2 Å². The highest BCUT2D eigenvalue weighted by Crippen LogP contribution is 2.57. The summed E-state index contributed by atoms with van der Waals surface area (Å²) in [4.78, 5) is 62.4. The number of alkyl halides is 3. The molecule has 3 fully saturated rings. The Morgan fingerprint density at radius 1 is 1.05 bits per heavy atom. The monoisotopic (exact) mass is 819 g/mol. The summed E-state index contributed by atoms with van der Waals surface area (Å²) in [6, 6.07) is 6.08. The number of methoxy groups -OCH3 is 1. The van der Waals surface area contributed by atoms with Gasteiger partial charge in [-0.3, -0.25) is 23.9 Å². The first-order valence-corrected chi connectivity index (χ1v) is 21.2. The summed E-state index contributed by atoms with van der Waals surface area (Å²) in [6.07, 6.45) is 2.14. The largest absolute Gasteiger partial charge is 0.494 e. The Hall–Kier alpha value is -4.21. The molecule has 1 aromatic heterocycles. The van der Waals surface area contributed by atoms with Crippen molar-refractivity contribution in [3.63, 3.8) is 0 Å². The van der Waals surface area contributed by atoms with Gasteiger partial charge in [0.15, 0.2) is 5.78 Å². The topological polar surface area (TPSA) is 158 Å². The van der Waals surface area contributed by atoms with Gasteiger partial charge in [0, 0.05) is 23.6 Å². The maximum absolute atomic E-state index is 14.8. The Morgan fingerprint density at radius 3 is 2.40 bits per heavy atom. The normalized spacial score (nSPS) is 29.6. The van der Waals surface area contributed by atoms with Gasteiger partial charge in [-0.15, -0.1) is 0 Å². The van der Waals surface area contributed by atoms with E-state index in [1.54, 1.807) is 19.1 Å². The molecule has 7 atom stereocenters. The van der Waals surface area contributed by atoms with E-state index in [1.165, 1.54) is 18.2 Å². The van der Waals surface area contributed by atoms with E-state index in [0.29, 0.717) is 48.6 Å². The fourth-order valence-electron chi connectivity index (χ4n) is 8.41. The SMILES string of the molecule is COc1cnc(O[C@@H]2C[C@H]3C(=O)C[C@]4(C(=O)NS(=O)(=O)C5CCC5)C[C@H]4/C=C\CC[C@H](C)C[C@@H](C)[C@H](CC(=O)OC(C)(C)C(F)(F)F)C(=O)N3C2)c2ccccc12. The van der Waals surface area contributed by atoms with Crippen LogP contribution in [-0.2, 0) is 33.9 Å². The molecule has 57 heavy (non-hydrogen) atoms. The van der Waals surface area contributed by atoms with Crippen LogP contribution in [0.3, 0.4) is 0 Å². The minimum atomic E-state index is -4.86. The highest BCUT2D eigenvalue weighted by molar-refractivity contribution is 7.90. The van der Waals surface area contributed by atoms with Crippen molar-refractivity contribution in [3.8, 4) is 11.6 Å². The first kappa shape index (κ1) is 42.4. The third kappa shape index (κ3) is 8.95. The maximum atomic E-state index is 14.8. The van der Waals surface area contributed by atoms with Gasteiger partial charge in [0.25, 0.3) is 0 Å². The molecule has 312 valence electrons. The molecule has 2 saturated carbocycles. The van der Waals surface area contributed by atoms with Crippen molar-refractivity contribution < 1.29 is 55.0 Å². The van der Waals surface area contributed by atoms with E-state index in [2.05, 4.69) is 9.71 Å². The van der Waals surface area contributed by atoms with Crippen LogP contribution in [-0.4, -0.2) is 84.7 Å². The maximum Gasteiger partial charge on any atom is 0.427 e. The van der Waals surface area contributed by atoms with Crippen LogP contribution in [0.2, 0.25) is 0 Å². The zero-order valence-corrected chi connectivity index (χ0v) is 33.8. The van der Waals surface area contributed by atoms with E-state index in [-0.39, 0.29) is 37.6 Å². The van der Waals surface area contributed by atoms with Crippen LogP contribution in [0.15, 0.2) is 42.6 Å². The highest BCUT2D eigenvalue weighted by Gasteiger charge is 2.61. The van der Waals surface area contributed by atoms with E-state index in [4.69, 9.17) is 14.2 Å². The second kappa shape index (κ2) is 16.2. The highest BCUT2D eigenvalue weighted by atomic mass is 32.2. The number of benzene rings is 1. The van der Waals surface area contributed by atoms with E-state index in [9.17, 15) is 40.8 Å². The molecule has 2 aliphatic heterocycles. The number of ketones is 1. The molecule has 4 aliphatic rings. The zero-order chi connectivity index (χ0) is 41.5. The number of esters is 1. The molecular formula is C41H52F3N3O9S. The molecule has 12 nitrogen and oxygen atoms in total. The number of hydrogen-bond acceptors (Lipinski definition) is 10. The minimum Gasteiger partial charge on any atom is -0.494 e. The van der Waals surface area contributed by atoms with Crippen LogP contribution in [0.25, 0.3) is 10.8 Å². The van der Waals surface area contributed by atoms with Crippen LogP contribution in [0, 0.1) is 29.1 Å². The second-order valence-corrected chi connectivity index (χ2v) is 18.9. The van der Waals surface area contributed by atoms with Gasteiger partial charge in [-0.25, -0.2) is 13.4 Å². The van der Waals surface area contributed by atoms with Gasteiger partial charge in [-0.2, -0.15) is 13.2 Å². The van der Waals surface area contributed by atoms with Crippen molar-refractivity contribution in [3.05, 3.63) is 42.6 Å². The predicted molar refractivity (Wildman–Crippen MR) is 203 cm³/mol. The number of aromatic nitrogens is 1. The lowest BCUT2D eigenvalue weighted by Gasteiger charge is -2.33. The molecule has 2 aromatic rings. The third-order valence-corrected chi connectivity index (χ3v) is 14.2. The quantitative estimate of drug-likeness (QED) is 0.220. The van der Waals surface area contributed by atoms with E-state index < -0.39 is 92.4 Å². The number of halogens is 3. The Balaban J connectivity index is 1.35. The molecule has 2 aliphatic carbocycles. The number of ether oxygens (including phenoxy) is 3. The molecule has 0 bridgehead atoms. The lowest BCUT2D eigenvalue weighted by atomic mass is 9.82. The number of pyridine rings is 1. The summed E-state index contributed by atoms with van der Waals surface area (Å²) in [5.41, 5.74) is -4.17. The number of hydrogen-bond donors (Lipinski definition) is 1. The van der Waals surface area contributed by atoms with Gasteiger partial charge in [-0.05, 0) is 76.2 Å². The molecular weight excluding hydrogens is 768 g/mol. The lowest BCUT2D eigenvalue weighted by molar-refractivity contribution is -0.257. The number of sulfonamides is 1. The Kier molecular flexibility index (Phi) is 12.1. The number of fused-ring (bicyclic) bond motifs is 3. The van der Waals surface area contributed by atoms with Crippen molar-refractivity contribution in [1.29, 1.82) is 0 Å². The van der Waals surface area contributed by atoms with Gasteiger partial charge in [-0.1, -0.05) is 50.6 Å². The number of Topliss-reactive ketones (excluding diaryl/α,β-unsaturated/α-hetero) is 1. The number of carbonyl (C=O) groups excluding carboxylic acids is 4. The van der Waals surface area contributed by atoms with Crippen LogP contribution in [0.5, 0.6) is 11.6 Å². The molecule has 1 saturated heterocycles. The van der Waals surface area contributed by atoms with Gasteiger partial charge in [0.2, 0.25) is 33.3 Å². The Labute approximate surface area is 331 Å². The number of nitrogens with one attached hydrogen (secondary N) is 1. The number of allylic oxidation sites excluding steroid dienone is 2. The smallest absolute Gasteiger partial charge is 0.427 e. The standard InChI is InChI=1S/C41H52F3N3O9S/c1-24-11-6-7-12-26-20-40(26,38(51)46-57(52,53)28-13-10-14-28)21-33(48)32-18-27(55-36-30-16-9-8-15-29(30)34(54-5)22-45-36)23-47(32)37(50)31(25(2)17-24)19-35(49)56-39(3,4)41(42,43)44/h7-9,12,15-16,22,24-28,31-32H,6,10-11,13-14,17-21,23H2,1-5H3,(H,46,51)/b12-7-/t24-,25+,26+,27+,31-,32-,40+/m0/s1. The summed E-state index contributed by atoms with van der Waals surface area (Å²) in [6.45, 7) is 5.10. The number of rotatable bonds is 9. The van der Waals surface area contributed by atoms with Gasteiger partial charge in [0.05, 0.1) is 48.9 Å². The van der Waals surface area contributed by atoms with E-state index in [0.717, 1.165) is 20.3 Å². The number of carbonyl (C=O) groups is 4. The molecule has 16 heteroatoms. The van der Waals surface area contributed by atoms with Crippen LogP contribution >= 0.6 is 0 Å². The summed E-state index contributed by atoms with van der Waals surface area (Å²) >= 11 is 0. The van der Waals surface area contributed by atoms with Gasteiger partial charge >= 0.3 is 12.1 Å². The Morgan fingerprint density at radius 2 is 1.75 bits per heavy atom. The van der Waals surface area contributed by atoms with Crippen LogP contribution in [0.1, 0.15) is 91.9 Å². The zero-order valence-electron chi connectivity index (χ0n) is 33.0. The lowest BCUT2D eigenvalue weighted by Crippen LogP contribution is -2.49. The fraction of sp³-hybridized carbons (Fsp3) is 0.634. The number of amides is 2. The van der Waals surface area contributed by atoms with E-state index >= 15 is 0 Å². The summed E-state index contributed by atoms with van der Waals surface area (Å²) in [7, 11) is -2.45. The van der Waals surface area contributed by atoms with Crippen molar-refractivity contribution >= 4 is 44.4 Å². The molecule has 3 heterocycles. The van der Waals surface area contributed by atoms with Gasteiger partial charge in [0.1, 0.15) is 11.9 Å². The minimum absolute atomic E-state index is 0.0196. The van der Waals surface area contributed by atoms with Crippen molar-refractivity contribution in [2.45, 2.75) is 121 Å². The molecule has 2 amide bonds. The Bertz CT molecular complexity index is 2020. The van der Waals surface area contributed by atoms with Crippen molar-refractivity contribution in [1.82, 2.24) is 14.6 Å². The molecule has 6 rings (SSSR count). The van der Waals surface area contributed by atoms with Crippen LogP contribution in [0.4, 0.5) is 13.2 Å². The molecule has 0 unspecified atom stereocenters. The summed E-state index contributed by atoms with van der Waals surface area (Å²) in [5, 5.41) is 0.650. The molecule has 0 spiro atoms. The average molecular weight is 820 g/mol. The average Bonchev–Trinajstić information content (AvgIpc) is 3.63. The summed E-state index contributed by atoms with van der Waals surface area (Å²) in [5.74, 6) is -4.41. The van der Waals surface area contributed by atoms with Gasteiger partial charge < -0.3 is 19.1 Å². The van der Waals surface area contributed by atoms with Crippen LogP contribution < -0.4 is 14.2 Å². The predicted octanol–water partition coefficient (Wildman–Crippen LogP) is 6.46. The number of nitrogens with zero attached hydrogens (tertiary/aromatic N) is 2. The van der Waals surface area contributed by atoms with Crippen molar-refractivity contribution in [2.75, 3.05) is 13.7 Å². The second-order valence-electron chi connectivity index (χ2n) is 16.9. The first-order valence-electron chi connectivity index (χ1n) is 19.7. The molecule has 0 radical (unpaired) electrons. The molecule has 1 N–H and O–H groups in total. The third-order valence-electron chi connectivity index (χ3n) is 12.4. The first-order chi connectivity index (χ1) is 26.8.